The molecule has 0 aliphatic heterocycles. The minimum absolute atomic E-state index is 0.502. The predicted molar refractivity (Wildman–Crippen MR) is 90.0 cm³/mol. The second-order valence-corrected chi connectivity index (χ2v) is 6.54. The van der Waals surface area contributed by atoms with Crippen LogP contribution in [0.15, 0.2) is 48.5 Å². The normalized spacial score (nSPS) is 20.8. The monoisotopic (exact) mass is 279 g/mol. The lowest BCUT2D eigenvalue weighted by atomic mass is 9.87. The molecule has 2 aromatic carbocycles. The number of hydrogen-bond donors (Lipinski definition) is 0. The molecule has 1 aliphatic carbocycles. The highest BCUT2D eigenvalue weighted by Crippen LogP contribution is 2.39. The van der Waals surface area contributed by atoms with Crippen LogP contribution in [0, 0.1) is 0 Å². The van der Waals surface area contributed by atoms with Crippen molar-refractivity contribution in [3.63, 3.8) is 0 Å². The van der Waals surface area contributed by atoms with Gasteiger partial charge in [0, 0.05) is 5.92 Å². The fourth-order valence-electron chi connectivity index (χ4n) is 3.63. The maximum absolute atomic E-state index is 2.35. The molecule has 21 heavy (non-hydrogen) atoms. The molecule has 0 saturated carbocycles. The van der Waals surface area contributed by atoms with Crippen LogP contribution in [-0.2, 0) is 6.42 Å². The Morgan fingerprint density at radius 3 is 2.24 bits per heavy atom. The SMILES string of the molecule is CC1c2ccccc2CC(CCN(C)C)c2ccccc21. The Bertz CT molecular complexity index is 615. The average Bonchev–Trinajstić information content (AvgIpc) is 2.62. The van der Waals surface area contributed by atoms with E-state index in [1.54, 1.807) is 5.56 Å². The fraction of sp³-hybridized carbons (Fsp3) is 0.400. The predicted octanol–water partition coefficient (Wildman–Crippen LogP) is 4.43. The van der Waals surface area contributed by atoms with Gasteiger partial charge in [0.05, 0.1) is 0 Å². The Balaban J connectivity index is 2.04. The van der Waals surface area contributed by atoms with Gasteiger partial charge in [-0.05, 0) is 61.7 Å². The van der Waals surface area contributed by atoms with Crippen LogP contribution in [0.5, 0.6) is 0 Å². The molecule has 0 N–H and O–H groups in total. The van der Waals surface area contributed by atoms with Gasteiger partial charge in [0.2, 0.25) is 0 Å². The lowest BCUT2D eigenvalue weighted by molar-refractivity contribution is 0.380. The summed E-state index contributed by atoms with van der Waals surface area (Å²) in [4.78, 5) is 2.29. The smallest absolute Gasteiger partial charge is 0.00665 e. The Labute approximate surface area is 128 Å². The molecule has 2 atom stereocenters. The Hall–Kier alpha value is -1.60. The first-order valence-electron chi connectivity index (χ1n) is 7.98. The van der Waals surface area contributed by atoms with Crippen molar-refractivity contribution in [3.8, 4) is 0 Å². The van der Waals surface area contributed by atoms with Gasteiger partial charge in [-0.2, -0.15) is 0 Å². The molecule has 2 unspecified atom stereocenters. The number of nitrogens with zero attached hydrogens (tertiary/aromatic N) is 1. The largest absolute Gasteiger partial charge is 0.309 e. The number of fused-ring (bicyclic) bond motifs is 2. The molecular formula is C20H25N. The third kappa shape index (κ3) is 2.89. The van der Waals surface area contributed by atoms with Gasteiger partial charge in [0.25, 0.3) is 0 Å². The first-order valence-corrected chi connectivity index (χ1v) is 7.98. The molecule has 0 saturated heterocycles. The van der Waals surface area contributed by atoms with E-state index in [-0.39, 0.29) is 0 Å². The molecular weight excluding hydrogens is 254 g/mol. The number of hydrogen-bond acceptors (Lipinski definition) is 1. The minimum atomic E-state index is 0.502. The van der Waals surface area contributed by atoms with Gasteiger partial charge in [-0.1, -0.05) is 55.5 Å². The average molecular weight is 279 g/mol. The van der Waals surface area contributed by atoms with Gasteiger partial charge < -0.3 is 4.90 Å². The van der Waals surface area contributed by atoms with E-state index in [0.717, 1.165) is 6.54 Å². The summed E-state index contributed by atoms with van der Waals surface area (Å²) in [5, 5.41) is 0. The summed E-state index contributed by atoms with van der Waals surface area (Å²) in [7, 11) is 4.33. The molecule has 0 bridgehead atoms. The Morgan fingerprint density at radius 2 is 1.52 bits per heavy atom. The maximum Gasteiger partial charge on any atom is 0.00665 e. The van der Waals surface area contributed by atoms with Crippen molar-refractivity contribution >= 4 is 0 Å². The second kappa shape index (κ2) is 6.03. The summed E-state index contributed by atoms with van der Waals surface area (Å²) < 4.78 is 0. The Morgan fingerprint density at radius 1 is 0.905 bits per heavy atom. The molecule has 0 heterocycles. The number of benzene rings is 2. The minimum Gasteiger partial charge on any atom is -0.309 e. The maximum atomic E-state index is 2.35. The van der Waals surface area contributed by atoms with Crippen LogP contribution >= 0.6 is 0 Å². The van der Waals surface area contributed by atoms with Crippen molar-refractivity contribution in [1.29, 1.82) is 0 Å². The molecule has 0 radical (unpaired) electrons. The summed E-state index contributed by atoms with van der Waals surface area (Å²) in [5.74, 6) is 1.14. The first-order chi connectivity index (χ1) is 10.2. The van der Waals surface area contributed by atoms with E-state index in [9.17, 15) is 0 Å². The molecule has 0 amide bonds. The van der Waals surface area contributed by atoms with Gasteiger partial charge in [0.15, 0.2) is 0 Å². The second-order valence-electron chi connectivity index (χ2n) is 6.54. The zero-order valence-electron chi connectivity index (χ0n) is 13.3. The van der Waals surface area contributed by atoms with Crippen molar-refractivity contribution in [2.75, 3.05) is 20.6 Å². The first kappa shape index (κ1) is 14.3. The van der Waals surface area contributed by atoms with Crippen LogP contribution in [-0.4, -0.2) is 25.5 Å². The van der Waals surface area contributed by atoms with E-state index in [1.807, 2.05) is 0 Å². The van der Waals surface area contributed by atoms with Gasteiger partial charge >= 0.3 is 0 Å². The highest BCUT2D eigenvalue weighted by Gasteiger charge is 2.25. The molecule has 1 aliphatic rings. The molecule has 110 valence electrons. The van der Waals surface area contributed by atoms with Crippen molar-refractivity contribution in [2.45, 2.75) is 31.6 Å². The summed E-state index contributed by atoms with van der Waals surface area (Å²) in [6, 6.07) is 18.0. The molecule has 2 aromatic rings. The molecule has 0 fully saturated rings. The van der Waals surface area contributed by atoms with Gasteiger partial charge in [-0.3, -0.25) is 0 Å². The van der Waals surface area contributed by atoms with Gasteiger partial charge in [0.1, 0.15) is 0 Å². The van der Waals surface area contributed by atoms with Crippen LogP contribution < -0.4 is 0 Å². The zero-order chi connectivity index (χ0) is 14.8. The van der Waals surface area contributed by atoms with E-state index in [1.165, 1.54) is 29.5 Å². The van der Waals surface area contributed by atoms with Gasteiger partial charge in [-0.15, -0.1) is 0 Å². The molecule has 1 heteroatoms. The van der Waals surface area contributed by atoms with E-state index in [0.29, 0.717) is 11.8 Å². The third-order valence-electron chi connectivity index (χ3n) is 4.82. The van der Waals surface area contributed by atoms with Crippen LogP contribution in [0.2, 0.25) is 0 Å². The van der Waals surface area contributed by atoms with Crippen LogP contribution in [0.4, 0.5) is 0 Å². The molecule has 0 spiro atoms. The highest BCUT2D eigenvalue weighted by atomic mass is 15.0. The van der Waals surface area contributed by atoms with Crippen molar-refractivity contribution in [1.82, 2.24) is 4.90 Å². The standard InChI is InChI=1S/C20H25N/c1-15-18-9-5-4-8-16(18)14-17(12-13-21(2)3)20-11-7-6-10-19(15)20/h4-11,15,17H,12-14H2,1-3H3. The Kier molecular flexibility index (Phi) is 4.12. The molecule has 3 rings (SSSR count). The lowest BCUT2D eigenvalue weighted by Gasteiger charge is -2.21. The van der Waals surface area contributed by atoms with Crippen molar-refractivity contribution in [3.05, 3.63) is 70.8 Å². The van der Waals surface area contributed by atoms with Crippen molar-refractivity contribution in [2.24, 2.45) is 0 Å². The molecule has 1 nitrogen and oxygen atoms in total. The van der Waals surface area contributed by atoms with Gasteiger partial charge in [-0.25, -0.2) is 0 Å². The fourth-order valence-corrected chi connectivity index (χ4v) is 3.63. The van der Waals surface area contributed by atoms with E-state index in [4.69, 9.17) is 0 Å². The summed E-state index contributed by atoms with van der Waals surface area (Å²) >= 11 is 0. The van der Waals surface area contributed by atoms with E-state index in [2.05, 4.69) is 74.4 Å². The lowest BCUT2D eigenvalue weighted by Crippen LogP contribution is -2.17. The van der Waals surface area contributed by atoms with Crippen LogP contribution in [0.25, 0.3) is 0 Å². The topological polar surface area (TPSA) is 3.24 Å². The molecule has 0 aromatic heterocycles. The summed E-state index contributed by atoms with van der Waals surface area (Å²) in [6.45, 7) is 3.50. The quantitative estimate of drug-likeness (QED) is 0.803. The third-order valence-corrected chi connectivity index (χ3v) is 4.82. The van der Waals surface area contributed by atoms with Crippen LogP contribution in [0.1, 0.15) is 47.4 Å². The number of rotatable bonds is 3. The van der Waals surface area contributed by atoms with Crippen LogP contribution in [0.3, 0.4) is 0 Å². The zero-order valence-corrected chi connectivity index (χ0v) is 13.3. The van der Waals surface area contributed by atoms with E-state index < -0.39 is 0 Å². The van der Waals surface area contributed by atoms with E-state index >= 15 is 0 Å². The van der Waals surface area contributed by atoms with Crippen molar-refractivity contribution < 1.29 is 0 Å². The summed E-state index contributed by atoms with van der Waals surface area (Å²) in [6.07, 6.45) is 2.40. The highest BCUT2D eigenvalue weighted by molar-refractivity contribution is 5.46. The summed E-state index contributed by atoms with van der Waals surface area (Å²) in [5.41, 5.74) is 6.12.